The van der Waals surface area contributed by atoms with Gasteiger partial charge < -0.3 is 9.64 Å². The third-order valence-electron chi connectivity index (χ3n) is 5.63. The highest BCUT2D eigenvalue weighted by atomic mass is 16.5. The summed E-state index contributed by atoms with van der Waals surface area (Å²) in [4.78, 5) is 53.2. The lowest BCUT2D eigenvalue weighted by Crippen LogP contribution is -2.35. The zero-order valence-corrected chi connectivity index (χ0v) is 17.2. The molecule has 2 aliphatic rings. The van der Waals surface area contributed by atoms with E-state index in [1.807, 2.05) is 6.07 Å². The van der Waals surface area contributed by atoms with E-state index in [4.69, 9.17) is 4.74 Å². The van der Waals surface area contributed by atoms with Crippen molar-refractivity contribution < 1.29 is 23.9 Å². The normalized spacial score (nSPS) is 16.4. The monoisotopic (exact) mass is 420 g/mol. The fourth-order valence-corrected chi connectivity index (χ4v) is 4.01. The Bertz CT molecular complexity index is 963. The molecule has 0 spiro atoms. The number of fused-ring (bicyclic) bond motifs is 1. The van der Waals surface area contributed by atoms with Gasteiger partial charge in [0.1, 0.15) is 0 Å². The van der Waals surface area contributed by atoms with Crippen molar-refractivity contribution in [1.82, 2.24) is 9.80 Å². The van der Waals surface area contributed by atoms with Gasteiger partial charge in [0.15, 0.2) is 0 Å². The van der Waals surface area contributed by atoms with Crippen LogP contribution in [0.15, 0.2) is 54.6 Å². The first-order valence-electron chi connectivity index (χ1n) is 10.5. The number of carbonyl (C=O) groups is 4. The first-order chi connectivity index (χ1) is 15.1. The molecule has 1 saturated heterocycles. The summed E-state index contributed by atoms with van der Waals surface area (Å²) < 4.78 is 5.57. The molecule has 1 atom stereocenters. The summed E-state index contributed by atoms with van der Waals surface area (Å²) >= 11 is 0. The first kappa shape index (κ1) is 20.8. The highest BCUT2D eigenvalue weighted by Gasteiger charge is 2.35. The predicted molar refractivity (Wildman–Crippen MR) is 112 cm³/mol. The summed E-state index contributed by atoms with van der Waals surface area (Å²) in [5, 5.41) is 0. The Hall–Kier alpha value is -3.48. The summed E-state index contributed by atoms with van der Waals surface area (Å²) in [6.45, 7) is 1.45. The number of rotatable bonds is 7. The van der Waals surface area contributed by atoms with E-state index >= 15 is 0 Å². The predicted octanol–water partition coefficient (Wildman–Crippen LogP) is 2.97. The molecule has 31 heavy (non-hydrogen) atoms. The Morgan fingerprint density at radius 2 is 1.45 bits per heavy atom. The fraction of sp³-hybridized carbons (Fsp3) is 0.333. The molecule has 0 N–H and O–H groups in total. The van der Waals surface area contributed by atoms with E-state index in [1.54, 1.807) is 53.4 Å². The molecular weight excluding hydrogens is 396 g/mol. The van der Waals surface area contributed by atoms with Crippen LogP contribution in [0, 0.1) is 0 Å². The molecule has 0 aliphatic carbocycles. The highest BCUT2D eigenvalue weighted by molar-refractivity contribution is 6.21. The van der Waals surface area contributed by atoms with Crippen LogP contribution in [0.3, 0.4) is 0 Å². The summed E-state index contributed by atoms with van der Waals surface area (Å²) in [5.41, 5.74) is 1.40. The van der Waals surface area contributed by atoms with Crippen molar-refractivity contribution in [3.63, 3.8) is 0 Å². The Kier molecular flexibility index (Phi) is 6.11. The maximum Gasteiger partial charge on any atom is 0.306 e. The SMILES string of the molecule is O=C(CCCN1C(=O)c2ccccc2C1=O)O[C@H](C(=O)N1CCCC1)c1ccccc1. The van der Waals surface area contributed by atoms with Crippen LogP contribution in [0.25, 0.3) is 0 Å². The molecule has 2 aromatic rings. The van der Waals surface area contributed by atoms with E-state index in [0.29, 0.717) is 29.8 Å². The fourth-order valence-electron chi connectivity index (χ4n) is 4.01. The lowest BCUT2D eigenvalue weighted by Gasteiger charge is -2.23. The maximum atomic E-state index is 12.9. The minimum Gasteiger partial charge on any atom is -0.447 e. The molecule has 0 radical (unpaired) electrons. The van der Waals surface area contributed by atoms with Crippen LogP contribution < -0.4 is 0 Å². The van der Waals surface area contributed by atoms with Crippen LogP contribution in [0.2, 0.25) is 0 Å². The van der Waals surface area contributed by atoms with Gasteiger partial charge in [-0.2, -0.15) is 0 Å². The lowest BCUT2D eigenvalue weighted by atomic mass is 10.1. The van der Waals surface area contributed by atoms with Gasteiger partial charge in [0, 0.05) is 31.6 Å². The number of esters is 1. The molecule has 0 unspecified atom stereocenters. The minimum absolute atomic E-state index is 0.00399. The van der Waals surface area contributed by atoms with E-state index in [-0.39, 0.29) is 37.1 Å². The molecule has 0 aromatic heterocycles. The molecule has 160 valence electrons. The molecule has 0 saturated carbocycles. The van der Waals surface area contributed by atoms with Crippen LogP contribution >= 0.6 is 0 Å². The number of benzene rings is 2. The second-order valence-corrected chi connectivity index (χ2v) is 7.72. The van der Waals surface area contributed by atoms with E-state index in [9.17, 15) is 19.2 Å². The Morgan fingerprint density at radius 3 is 2.06 bits per heavy atom. The molecule has 2 aliphatic heterocycles. The van der Waals surface area contributed by atoms with Crippen LogP contribution in [0.1, 0.15) is 58.1 Å². The van der Waals surface area contributed by atoms with Gasteiger partial charge in [0.2, 0.25) is 6.10 Å². The van der Waals surface area contributed by atoms with E-state index < -0.39 is 12.1 Å². The molecular formula is C24H24N2O5. The van der Waals surface area contributed by atoms with E-state index in [0.717, 1.165) is 17.7 Å². The molecule has 7 nitrogen and oxygen atoms in total. The van der Waals surface area contributed by atoms with Crippen LogP contribution in [0.5, 0.6) is 0 Å². The second kappa shape index (κ2) is 9.12. The minimum atomic E-state index is -0.980. The van der Waals surface area contributed by atoms with Gasteiger partial charge in [-0.25, -0.2) is 0 Å². The smallest absolute Gasteiger partial charge is 0.306 e. The quantitative estimate of drug-likeness (QED) is 0.508. The molecule has 7 heteroatoms. The van der Waals surface area contributed by atoms with Gasteiger partial charge in [0.25, 0.3) is 17.7 Å². The van der Waals surface area contributed by atoms with Crippen molar-refractivity contribution >= 4 is 23.7 Å². The van der Waals surface area contributed by atoms with Crippen molar-refractivity contribution in [3.05, 3.63) is 71.3 Å². The van der Waals surface area contributed by atoms with Crippen LogP contribution in [-0.4, -0.2) is 53.1 Å². The molecule has 3 amide bonds. The van der Waals surface area contributed by atoms with Gasteiger partial charge in [-0.3, -0.25) is 24.1 Å². The average molecular weight is 420 g/mol. The zero-order chi connectivity index (χ0) is 21.8. The van der Waals surface area contributed by atoms with Gasteiger partial charge >= 0.3 is 5.97 Å². The van der Waals surface area contributed by atoms with Crippen molar-refractivity contribution in [2.45, 2.75) is 31.8 Å². The van der Waals surface area contributed by atoms with Gasteiger partial charge in [0.05, 0.1) is 11.1 Å². The number of carbonyl (C=O) groups excluding carboxylic acids is 4. The molecule has 0 bridgehead atoms. The average Bonchev–Trinajstić information content (AvgIpc) is 3.41. The number of imide groups is 1. The third-order valence-corrected chi connectivity index (χ3v) is 5.63. The summed E-state index contributed by atoms with van der Waals surface area (Å²) in [7, 11) is 0. The second-order valence-electron chi connectivity index (χ2n) is 7.72. The molecule has 1 fully saturated rings. The number of ether oxygens (including phenoxy) is 1. The van der Waals surface area contributed by atoms with Crippen molar-refractivity contribution in [3.8, 4) is 0 Å². The number of hydrogen-bond acceptors (Lipinski definition) is 5. The number of nitrogens with zero attached hydrogens (tertiary/aromatic N) is 2. The summed E-state index contributed by atoms with van der Waals surface area (Å²) in [6, 6.07) is 15.7. The molecule has 4 rings (SSSR count). The standard InChI is InChI=1S/C24H24N2O5/c27-20(13-8-16-26-22(28)18-11-4-5-12-19(18)23(26)29)31-21(17-9-2-1-3-10-17)24(30)25-14-6-7-15-25/h1-5,9-12,21H,6-8,13-16H2/t21-/m0/s1. The lowest BCUT2D eigenvalue weighted by molar-refractivity contribution is -0.160. The summed E-state index contributed by atoms with van der Waals surface area (Å²) in [6.07, 6.45) is 1.18. The number of hydrogen-bond donors (Lipinski definition) is 0. The number of amides is 3. The Morgan fingerprint density at radius 1 is 0.871 bits per heavy atom. The van der Waals surface area contributed by atoms with Gasteiger partial charge in [-0.1, -0.05) is 42.5 Å². The van der Waals surface area contributed by atoms with Crippen molar-refractivity contribution in [2.24, 2.45) is 0 Å². The molecule has 2 heterocycles. The van der Waals surface area contributed by atoms with Crippen LogP contribution in [0.4, 0.5) is 0 Å². The largest absolute Gasteiger partial charge is 0.447 e. The third kappa shape index (κ3) is 4.35. The topological polar surface area (TPSA) is 84.0 Å². The first-order valence-corrected chi connectivity index (χ1v) is 10.5. The van der Waals surface area contributed by atoms with Crippen molar-refractivity contribution in [1.29, 1.82) is 0 Å². The Labute approximate surface area is 180 Å². The van der Waals surface area contributed by atoms with Crippen molar-refractivity contribution in [2.75, 3.05) is 19.6 Å². The van der Waals surface area contributed by atoms with Gasteiger partial charge in [-0.15, -0.1) is 0 Å². The number of likely N-dealkylation sites (tertiary alicyclic amines) is 1. The van der Waals surface area contributed by atoms with Gasteiger partial charge in [-0.05, 0) is 31.4 Å². The molecule has 2 aromatic carbocycles. The van der Waals surface area contributed by atoms with Crippen LogP contribution in [-0.2, 0) is 14.3 Å². The van der Waals surface area contributed by atoms with E-state index in [1.165, 1.54) is 0 Å². The summed E-state index contributed by atoms with van der Waals surface area (Å²) in [5.74, 6) is -1.43. The highest BCUT2D eigenvalue weighted by Crippen LogP contribution is 2.25. The Balaban J connectivity index is 1.36. The zero-order valence-electron chi connectivity index (χ0n) is 17.2. The maximum absolute atomic E-state index is 12.9. The van der Waals surface area contributed by atoms with E-state index in [2.05, 4.69) is 0 Å².